The summed E-state index contributed by atoms with van der Waals surface area (Å²) in [5.74, 6) is -0.284. The Hall–Kier alpha value is -3.11. The number of hydrogen-bond acceptors (Lipinski definition) is 5. The molecule has 1 aliphatic heterocycles. The largest absolute Gasteiger partial charge is 0.436 e. The molecule has 164 valence electrons. The molecule has 0 aliphatic carbocycles. The van der Waals surface area contributed by atoms with E-state index in [9.17, 15) is 14.9 Å². The van der Waals surface area contributed by atoms with Crippen LogP contribution in [-0.2, 0) is 9.53 Å². The average Bonchev–Trinajstić information content (AvgIpc) is 2.74. The number of hydrogen-bond donors (Lipinski definition) is 2. The molecule has 2 N–H and O–H groups in total. The van der Waals surface area contributed by atoms with Crippen molar-refractivity contribution in [1.29, 1.82) is 5.26 Å². The number of carbonyl (C=O) groups is 2. The molecule has 3 rings (SSSR count). The molecule has 2 aromatic rings. The SMILES string of the molecule is CC(C)C[C@H](OC(=O)Nc1ccc2ccccc2c1)C(=O)NC1(C#N)CCN(C)CC1. The number of nitrogens with one attached hydrogen (secondary N) is 2. The first-order chi connectivity index (χ1) is 14.8. The Morgan fingerprint density at radius 3 is 2.48 bits per heavy atom. The van der Waals surface area contributed by atoms with Crippen LogP contribution in [0.4, 0.5) is 10.5 Å². The van der Waals surface area contributed by atoms with Gasteiger partial charge < -0.3 is 15.0 Å². The summed E-state index contributed by atoms with van der Waals surface area (Å²) in [7, 11) is 1.99. The van der Waals surface area contributed by atoms with Gasteiger partial charge in [-0.2, -0.15) is 5.26 Å². The van der Waals surface area contributed by atoms with Crippen molar-refractivity contribution in [2.45, 2.75) is 44.8 Å². The third kappa shape index (κ3) is 5.96. The molecule has 0 aromatic heterocycles. The van der Waals surface area contributed by atoms with E-state index in [1.165, 1.54) is 0 Å². The molecule has 0 spiro atoms. The molecule has 0 saturated carbocycles. The smallest absolute Gasteiger partial charge is 0.412 e. The quantitative estimate of drug-likeness (QED) is 0.736. The van der Waals surface area contributed by atoms with E-state index in [4.69, 9.17) is 4.74 Å². The monoisotopic (exact) mass is 422 g/mol. The van der Waals surface area contributed by atoms with Crippen LogP contribution in [0.25, 0.3) is 10.8 Å². The fourth-order valence-corrected chi connectivity index (χ4v) is 3.76. The maximum absolute atomic E-state index is 13.0. The van der Waals surface area contributed by atoms with E-state index in [1.807, 2.05) is 57.3 Å². The highest BCUT2D eigenvalue weighted by molar-refractivity contribution is 5.92. The number of benzene rings is 2. The average molecular weight is 423 g/mol. The standard InChI is InChI=1S/C24H30N4O3/c1-17(2)14-21(22(29)27-24(16-25)10-12-28(3)13-11-24)31-23(30)26-20-9-8-18-6-4-5-7-19(18)15-20/h4-9,15,17,21H,10-14H2,1-3H3,(H,26,30)(H,27,29)/t21-/m0/s1. The second-order valence-electron chi connectivity index (χ2n) is 8.70. The normalized spacial score (nSPS) is 17.0. The minimum Gasteiger partial charge on any atom is -0.436 e. The van der Waals surface area contributed by atoms with Crippen LogP contribution in [0.2, 0.25) is 0 Å². The van der Waals surface area contributed by atoms with Gasteiger partial charge in [-0.3, -0.25) is 10.1 Å². The lowest BCUT2D eigenvalue weighted by atomic mass is 9.88. The van der Waals surface area contributed by atoms with Crippen molar-refractivity contribution in [3.05, 3.63) is 42.5 Å². The number of rotatable bonds is 6. The first-order valence-corrected chi connectivity index (χ1v) is 10.7. The van der Waals surface area contributed by atoms with Crippen LogP contribution in [0, 0.1) is 17.2 Å². The molecule has 7 nitrogen and oxygen atoms in total. The second kappa shape index (κ2) is 9.80. The lowest BCUT2D eigenvalue weighted by Crippen LogP contribution is -2.56. The number of fused-ring (bicyclic) bond motifs is 1. The number of nitriles is 1. The fourth-order valence-electron chi connectivity index (χ4n) is 3.76. The zero-order valence-corrected chi connectivity index (χ0v) is 18.4. The molecule has 1 aliphatic rings. The Balaban J connectivity index is 1.67. The van der Waals surface area contributed by atoms with Crippen molar-refractivity contribution in [1.82, 2.24) is 10.2 Å². The van der Waals surface area contributed by atoms with Crippen molar-refractivity contribution >= 4 is 28.5 Å². The number of likely N-dealkylation sites (tertiary alicyclic amines) is 1. The van der Waals surface area contributed by atoms with Crippen molar-refractivity contribution in [3.8, 4) is 6.07 Å². The molecule has 1 atom stereocenters. The zero-order chi connectivity index (χ0) is 22.4. The molecule has 1 heterocycles. The first-order valence-electron chi connectivity index (χ1n) is 10.7. The fraction of sp³-hybridized carbons (Fsp3) is 0.458. The third-order valence-electron chi connectivity index (χ3n) is 5.64. The summed E-state index contributed by atoms with van der Waals surface area (Å²) in [4.78, 5) is 27.6. The van der Waals surface area contributed by atoms with Crippen LogP contribution in [-0.4, -0.2) is 48.7 Å². The molecule has 0 unspecified atom stereocenters. The van der Waals surface area contributed by atoms with Gasteiger partial charge in [0.25, 0.3) is 5.91 Å². The van der Waals surface area contributed by atoms with E-state index in [0.29, 0.717) is 24.9 Å². The summed E-state index contributed by atoms with van der Waals surface area (Å²) in [6.07, 6.45) is -0.193. The highest BCUT2D eigenvalue weighted by Crippen LogP contribution is 2.23. The Morgan fingerprint density at radius 2 is 1.84 bits per heavy atom. The number of carbonyl (C=O) groups excluding carboxylic acids is 2. The molecular formula is C24H30N4O3. The molecule has 1 saturated heterocycles. The number of nitrogens with zero attached hydrogens (tertiary/aromatic N) is 2. The highest BCUT2D eigenvalue weighted by atomic mass is 16.6. The maximum atomic E-state index is 13.0. The summed E-state index contributed by atoms with van der Waals surface area (Å²) < 4.78 is 5.51. The van der Waals surface area contributed by atoms with Gasteiger partial charge in [-0.25, -0.2) is 4.79 Å². The van der Waals surface area contributed by atoms with Crippen molar-refractivity contribution < 1.29 is 14.3 Å². The van der Waals surface area contributed by atoms with Crippen molar-refractivity contribution in [2.75, 3.05) is 25.5 Å². The molecule has 1 fully saturated rings. The lowest BCUT2D eigenvalue weighted by molar-refractivity contribution is -0.132. The molecule has 31 heavy (non-hydrogen) atoms. The summed E-state index contributed by atoms with van der Waals surface area (Å²) in [6.45, 7) is 5.37. The van der Waals surface area contributed by atoms with Gasteiger partial charge >= 0.3 is 6.09 Å². The molecular weight excluding hydrogens is 392 g/mol. The number of amides is 2. The van der Waals surface area contributed by atoms with Crippen LogP contribution in [0.1, 0.15) is 33.1 Å². The Bertz CT molecular complexity index is 974. The Morgan fingerprint density at radius 1 is 1.16 bits per heavy atom. The molecule has 2 aromatic carbocycles. The number of ether oxygens (including phenoxy) is 1. The molecule has 7 heteroatoms. The summed E-state index contributed by atoms with van der Waals surface area (Å²) in [5, 5.41) is 17.3. The van der Waals surface area contributed by atoms with E-state index in [2.05, 4.69) is 21.6 Å². The molecule has 2 amide bonds. The zero-order valence-electron chi connectivity index (χ0n) is 18.4. The lowest BCUT2D eigenvalue weighted by Gasteiger charge is -2.36. The summed E-state index contributed by atoms with van der Waals surface area (Å²) in [6, 6.07) is 15.7. The summed E-state index contributed by atoms with van der Waals surface area (Å²) >= 11 is 0. The van der Waals surface area contributed by atoms with Crippen LogP contribution in [0.3, 0.4) is 0 Å². The Labute approximate surface area is 183 Å². The predicted octanol–water partition coefficient (Wildman–Crippen LogP) is 3.91. The predicted molar refractivity (Wildman–Crippen MR) is 121 cm³/mol. The molecule has 0 radical (unpaired) electrons. The minimum atomic E-state index is -0.967. The van der Waals surface area contributed by atoms with Gasteiger partial charge in [0.05, 0.1) is 6.07 Å². The first kappa shape index (κ1) is 22.6. The minimum absolute atomic E-state index is 0.139. The van der Waals surface area contributed by atoms with Crippen LogP contribution in [0.15, 0.2) is 42.5 Å². The van der Waals surface area contributed by atoms with E-state index < -0.39 is 23.6 Å². The van der Waals surface area contributed by atoms with Gasteiger partial charge in [0, 0.05) is 18.8 Å². The van der Waals surface area contributed by atoms with Crippen molar-refractivity contribution in [2.24, 2.45) is 5.92 Å². The second-order valence-corrected chi connectivity index (χ2v) is 8.70. The highest BCUT2D eigenvalue weighted by Gasteiger charge is 2.38. The van der Waals surface area contributed by atoms with Gasteiger partial charge in [-0.05, 0) is 55.1 Å². The maximum Gasteiger partial charge on any atom is 0.412 e. The van der Waals surface area contributed by atoms with Gasteiger partial charge in [-0.15, -0.1) is 0 Å². The van der Waals surface area contributed by atoms with Gasteiger partial charge in [0.1, 0.15) is 5.54 Å². The number of piperidine rings is 1. The summed E-state index contributed by atoms with van der Waals surface area (Å²) in [5.41, 5.74) is -0.326. The van der Waals surface area contributed by atoms with Gasteiger partial charge in [0.2, 0.25) is 0 Å². The third-order valence-corrected chi connectivity index (χ3v) is 5.64. The van der Waals surface area contributed by atoms with E-state index in [1.54, 1.807) is 6.07 Å². The van der Waals surface area contributed by atoms with E-state index in [0.717, 1.165) is 23.9 Å². The van der Waals surface area contributed by atoms with Crippen LogP contribution in [0.5, 0.6) is 0 Å². The Kier molecular flexibility index (Phi) is 7.13. The topological polar surface area (TPSA) is 94.5 Å². The van der Waals surface area contributed by atoms with Gasteiger partial charge in [-0.1, -0.05) is 44.2 Å². The van der Waals surface area contributed by atoms with Crippen LogP contribution < -0.4 is 10.6 Å². The van der Waals surface area contributed by atoms with Gasteiger partial charge in [0.15, 0.2) is 6.10 Å². The molecule has 0 bridgehead atoms. The van der Waals surface area contributed by atoms with Crippen molar-refractivity contribution in [3.63, 3.8) is 0 Å². The van der Waals surface area contributed by atoms with E-state index >= 15 is 0 Å². The van der Waals surface area contributed by atoms with Crippen LogP contribution >= 0.6 is 0 Å². The number of anilines is 1. The van der Waals surface area contributed by atoms with E-state index in [-0.39, 0.29) is 5.92 Å².